The summed E-state index contributed by atoms with van der Waals surface area (Å²) < 4.78 is 49.1. The van der Waals surface area contributed by atoms with Gasteiger partial charge >= 0.3 is 12.3 Å². The number of rotatable bonds is 7. The molecule has 32 heavy (non-hydrogen) atoms. The van der Waals surface area contributed by atoms with E-state index >= 15 is 0 Å². The van der Waals surface area contributed by atoms with E-state index in [4.69, 9.17) is 9.84 Å². The summed E-state index contributed by atoms with van der Waals surface area (Å²) in [5.74, 6) is -1.20. The van der Waals surface area contributed by atoms with Crippen LogP contribution in [0.1, 0.15) is 15.9 Å². The van der Waals surface area contributed by atoms with Gasteiger partial charge in [0.15, 0.2) is 12.9 Å². The summed E-state index contributed by atoms with van der Waals surface area (Å²) in [6.45, 7) is -0.383. The molecular weight excluding hydrogens is 427 g/mol. The van der Waals surface area contributed by atoms with E-state index in [0.717, 1.165) is 0 Å². The van der Waals surface area contributed by atoms with Gasteiger partial charge in [-0.3, -0.25) is 4.79 Å². The SMILES string of the molecule is O=Cc1cccc2c1c1c(OCC(=O)O)cccc1n2Cc1cccc(OC(F)(F)F)c1. The van der Waals surface area contributed by atoms with Crippen LogP contribution in [-0.2, 0) is 11.3 Å². The van der Waals surface area contributed by atoms with Gasteiger partial charge in [-0.2, -0.15) is 0 Å². The van der Waals surface area contributed by atoms with Crippen LogP contribution < -0.4 is 9.47 Å². The second-order valence-electron chi connectivity index (χ2n) is 6.97. The molecule has 0 radical (unpaired) electrons. The van der Waals surface area contributed by atoms with E-state index in [0.29, 0.717) is 39.2 Å². The maximum Gasteiger partial charge on any atom is 0.573 e. The molecule has 0 saturated heterocycles. The van der Waals surface area contributed by atoms with E-state index in [1.54, 1.807) is 42.5 Å². The Bertz CT molecular complexity index is 1330. The number of ether oxygens (including phenoxy) is 2. The van der Waals surface area contributed by atoms with Gasteiger partial charge in [-0.25, -0.2) is 4.79 Å². The van der Waals surface area contributed by atoms with Crippen LogP contribution in [-0.4, -0.2) is 34.9 Å². The highest BCUT2D eigenvalue weighted by molar-refractivity contribution is 6.17. The Kier molecular flexibility index (Phi) is 5.48. The third-order valence-electron chi connectivity index (χ3n) is 4.86. The first-order valence-corrected chi connectivity index (χ1v) is 9.45. The topological polar surface area (TPSA) is 77.8 Å². The monoisotopic (exact) mass is 443 g/mol. The second kappa shape index (κ2) is 8.26. The zero-order valence-electron chi connectivity index (χ0n) is 16.4. The molecule has 9 heteroatoms. The quantitative estimate of drug-likeness (QED) is 0.406. The van der Waals surface area contributed by atoms with E-state index in [1.165, 1.54) is 18.2 Å². The molecule has 0 atom stereocenters. The lowest BCUT2D eigenvalue weighted by Crippen LogP contribution is -2.17. The molecule has 0 aliphatic heterocycles. The number of carbonyl (C=O) groups excluding carboxylic acids is 1. The highest BCUT2D eigenvalue weighted by atomic mass is 19.4. The van der Waals surface area contributed by atoms with Crippen LogP contribution in [0.15, 0.2) is 60.7 Å². The first-order valence-electron chi connectivity index (χ1n) is 9.45. The molecule has 6 nitrogen and oxygen atoms in total. The van der Waals surface area contributed by atoms with Crippen molar-refractivity contribution < 1.29 is 37.3 Å². The fourth-order valence-corrected chi connectivity index (χ4v) is 3.73. The Balaban J connectivity index is 1.88. The fourth-order valence-electron chi connectivity index (χ4n) is 3.73. The van der Waals surface area contributed by atoms with E-state index < -0.39 is 18.9 Å². The van der Waals surface area contributed by atoms with Crippen LogP contribution in [0.3, 0.4) is 0 Å². The van der Waals surface area contributed by atoms with Crippen LogP contribution in [0.5, 0.6) is 11.5 Å². The number of aldehydes is 1. The predicted molar refractivity (Wildman–Crippen MR) is 110 cm³/mol. The maximum atomic E-state index is 12.6. The summed E-state index contributed by atoms with van der Waals surface area (Å²) in [4.78, 5) is 22.7. The molecule has 0 spiro atoms. The van der Waals surface area contributed by atoms with Crippen LogP contribution in [0.25, 0.3) is 21.8 Å². The first kappa shape index (κ1) is 21.2. The zero-order chi connectivity index (χ0) is 22.9. The van der Waals surface area contributed by atoms with Crippen LogP contribution in [0, 0.1) is 0 Å². The van der Waals surface area contributed by atoms with Gasteiger partial charge in [0.05, 0.1) is 16.4 Å². The number of aliphatic carboxylic acids is 1. The Hall–Kier alpha value is -4.01. The summed E-state index contributed by atoms with van der Waals surface area (Å²) in [5, 5.41) is 10.1. The fraction of sp³-hybridized carbons (Fsp3) is 0.130. The molecule has 0 aliphatic rings. The summed E-state index contributed by atoms with van der Waals surface area (Å²) in [6.07, 6.45) is -4.11. The number of aromatic nitrogens is 1. The van der Waals surface area contributed by atoms with Crippen molar-refractivity contribution in [3.63, 3.8) is 0 Å². The average molecular weight is 443 g/mol. The van der Waals surface area contributed by atoms with Gasteiger partial charge in [-0.05, 0) is 35.9 Å². The molecule has 0 bridgehead atoms. The van der Waals surface area contributed by atoms with Gasteiger partial charge in [-0.1, -0.05) is 30.3 Å². The van der Waals surface area contributed by atoms with Crippen molar-refractivity contribution in [1.29, 1.82) is 0 Å². The van der Waals surface area contributed by atoms with Gasteiger partial charge in [-0.15, -0.1) is 13.2 Å². The molecule has 1 N–H and O–H groups in total. The lowest BCUT2D eigenvalue weighted by molar-refractivity contribution is -0.274. The number of hydrogen-bond donors (Lipinski definition) is 1. The van der Waals surface area contributed by atoms with Gasteiger partial charge in [0.2, 0.25) is 0 Å². The molecule has 0 unspecified atom stereocenters. The lowest BCUT2D eigenvalue weighted by Gasteiger charge is -2.12. The van der Waals surface area contributed by atoms with Gasteiger partial charge in [0, 0.05) is 17.5 Å². The molecule has 3 aromatic carbocycles. The number of carboxylic acids is 1. The van der Waals surface area contributed by atoms with Crippen molar-refractivity contribution >= 4 is 34.1 Å². The Morgan fingerprint density at radius 1 is 1.00 bits per heavy atom. The molecule has 4 rings (SSSR count). The predicted octanol–water partition coefficient (Wildman–Crippen LogP) is 5.02. The van der Waals surface area contributed by atoms with Crippen molar-refractivity contribution in [1.82, 2.24) is 4.57 Å². The van der Waals surface area contributed by atoms with Crippen molar-refractivity contribution in [2.75, 3.05) is 6.61 Å². The summed E-state index contributed by atoms with van der Waals surface area (Å²) in [6, 6.07) is 15.8. The third-order valence-corrected chi connectivity index (χ3v) is 4.86. The highest BCUT2D eigenvalue weighted by Gasteiger charge is 2.31. The number of nitrogens with zero attached hydrogens (tertiary/aromatic N) is 1. The number of alkyl halides is 3. The van der Waals surface area contributed by atoms with Crippen LogP contribution in [0.4, 0.5) is 13.2 Å². The molecule has 0 aliphatic carbocycles. The van der Waals surface area contributed by atoms with Gasteiger partial charge < -0.3 is 19.1 Å². The summed E-state index contributed by atoms with van der Waals surface area (Å²) >= 11 is 0. The first-order chi connectivity index (χ1) is 15.3. The number of benzene rings is 3. The summed E-state index contributed by atoms with van der Waals surface area (Å²) in [7, 11) is 0. The van der Waals surface area contributed by atoms with Gasteiger partial charge in [0.25, 0.3) is 0 Å². The Labute approximate surface area is 179 Å². The molecule has 1 heterocycles. The van der Waals surface area contributed by atoms with E-state index in [-0.39, 0.29) is 18.0 Å². The Morgan fingerprint density at radius 2 is 1.69 bits per heavy atom. The Morgan fingerprint density at radius 3 is 2.38 bits per heavy atom. The van der Waals surface area contributed by atoms with Crippen molar-refractivity contribution in [2.24, 2.45) is 0 Å². The van der Waals surface area contributed by atoms with Crippen LogP contribution >= 0.6 is 0 Å². The minimum atomic E-state index is -4.80. The third kappa shape index (κ3) is 4.22. The molecule has 0 fully saturated rings. The number of hydrogen-bond acceptors (Lipinski definition) is 4. The van der Waals surface area contributed by atoms with E-state index in [1.807, 2.05) is 4.57 Å². The van der Waals surface area contributed by atoms with Crippen molar-refractivity contribution in [2.45, 2.75) is 12.9 Å². The summed E-state index contributed by atoms with van der Waals surface area (Å²) in [5.41, 5.74) is 2.21. The minimum Gasteiger partial charge on any atom is -0.481 e. The molecule has 4 aromatic rings. The largest absolute Gasteiger partial charge is 0.573 e. The smallest absolute Gasteiger partial charge is 0.481 e. The molecule has 0 saturated carbocycles. The number of carbonyl (C=O) groups is 2. The number of fused-ring (bicyclic) bond motifs is 3. The standard InChI is InChI=1S/C23H16F3NO5/c24-23(25,26)32-16-6-1-4-14(10-16)11-27-17-7-2-5-15(12-28)21(17)22-18(27)8-3-9-19(22)31-13-20(29)30/h1-10,12H,11,13H2,(H,29,30). The maximum absolute atomic E-state index is 12.6. The second-order valence-corrected chi connectivity index (χ2v) is 6.97. The normalized spacial score (nSPS) is 11.6. The molecule has 0 amide bonds. The number of halogens is 3. The average Bonchev–Trinajstić information content (AvgIpc) is 3.05. The van der Waals surface area contributed by atoms with E-state index in [9.17, 15) is 22.8 Å². The number of carboxylic acid groups (broad SMARTS) is 1. The van der Waals surface area contributed by atoms with Crippen molar-refractivity contribution in [3.05, 3.63) is 71.8 Å². The zero-order valence-corrected chi connectivity index (χ0v) is 16.4. The molecular formula is C23H16F3NO5. The molecule has 164 valence electrons. The minimum absolute atomic E-state index is 0.180. The van der Waals surface area contributed by atoms with Crippen molar-refractivity contribution in [3.8, 4) is 11.5 Å². The highest BCUT2D eigenvalue weighted by Crippen LogP contribution is 2.38. The molecule has 1 aromatic heterocycles. The van der Waals surface area contributed by atoms with Gasteiger partial charge in [0.1, 0.15) is 11.5 Å². The van der Waals surface area contributed by atoms with E-state index in [2.05, 4.69) is 4.74 Å². The lowest BCUT2D eigenvalue weighted by atomic mass is 10.1. The van der Waals surface area contributed by atoms with Crippen LogP contribution in [0.2, 0.25) is 0 Å².